The van der Waals surface area contributed by atoms with Crippen LogP contribution in [0.2, 0.25) is 0 Å². The minimum absolute atomic E-state index is 0.177. The normalized spacial score (nSPS) is 10.1. The van der Waals surface area contributed by atoms with Gasteiger partial charge in [-0.2, -0.15) is 0 Å². The van der Waals surface area contributed by atoms with Gasteiger partial charge < -0.3 is 10.6 Å². The highest BCUT2D eigenvalue weighted by molar-refractivity contribution is 9.10. The fourth-order valence-electron chi connectivity index (χ4n) is 1.66. The zero-order valence-corrected chi connectivity index (χ0v) is 13.9. The van der Waals surface area contributed by atoms with Crippen molar-refractivity contribution in [2.24, 2.45) is 0 Å². The number of hydrogen-bond acceptors (Lipinski definition) is 1. The molecule has 0 saturated carbocycles. The highest BCUT2D eigenvalue weighted by atomic mass is 79.9. The first-order valence-corrected chi connectivity index (χ1v) is 7.73. The molecule has 0 fully saturated rings. The lowest BCUT2D eigenvalue weighted by molar-refractivity contribution is 0.240. The SMILES string of the molecule is O=C(NCc1ccc(Br)cc1)NCc1ccccc1Br. The highest BCUT2D eigenvalue weighted by Gasteiger charge is 2.02. The van der Waals surface area contributed by atoms with Gasteiger partial charge in [0, 0.05) is 22.0 Å². The van der Waals surface area contributed by atoms with E-state index in [0.29, 0.717) is 13.1 Å². The van der Waals surface area contributed by atoms with Crippen molar-refractivity contribution in [2.75, 3.05) is 0 Å². The molecule has 2 rings (SSSR count). The highest BCUT2D eigenvalue weighted by Crippen LogP contribution is 2.15. The van der Waals surface area contributed by atoms with E-state index in [9.17, 15) is 4.79 Å². The largest absolute Gasteiger partial charge is 0.334 e. The van der Waals surface area contributed by atoms with E-state index in [1.54, 1.807) is 0 Å². The third-order valence-electron chi connectivity index (χ3n) is 2.76. The Hall–Kier alpha value is -1.33. The van der Waals surface area contributed by atoms with Crippen molar-refractivity contribution in [3.63, 3.8) is 0 Å². The molecule has 0 atom stereocenters. The number of halogens is 2. The molecule has 0 aliphatic carbocycles. The number of amides is 2. The zero-order valence-electron chi connectivity index (χ0n) is 10.7. The van der Waals surface area contributed by atoms with Crippen LogP contribution in [0.3, 0.4) is 0 Å². The number of benzene rings is 2. The molecule has 0 radical (unpaired) electrons. The van der Waals surface area contributed by atoms with E-state index >= 15 is 0 Å². The average molecular weight is 398 g/mol. The van der Waals surface area contributed by atoms with Crippen molar-refractivity contribution in [3.8, 4) is 0 Å². The quantitative estimate of drug-likeness (QED) is 0.796. The second-order valence-electron chi connectivity index (χ2n) is 4.25. The molecule has 0 aliphatic heterocycles. The molecule has 0 heterocycles. The van der Waals surface area contributed by atoms with Gasteiger partial charge in [-0.3, -0.25) is 0 Å². The minimum atomic E-state index is -0.177. The maximum absolute atomic E-state index is 11.7. The summed E-state index contributed by atoms with van der Waals surface area (Å²) in [5.74, 6) is 0. The summed E-state index contributed by atoms with van der Waals surface area (Å²) in [4.78, 5) is 11.7. The molecule has 0 aliphatic rings. The Morgan fingerprint density at radius 3 is 2.25 bits per heavy atom. The molecule has 0 saturated heterocycles. The summed E-state index contributed by atoms with van der Waals surface area (Å²) < 4.78 is 2.02. The van der Waals surface area contributed by atoms with Crippen LogP contribution in [-0.2, 0) is 13.1 Å². The van der Waals surface area contributed by atoms with Gasteiger partial charge in [0.15, 0.2) is 0 Å². The molecule has 0 aromatic heterocycles. The van der Waals surface area contributed by atoms with E-state index in [4.69, 9.17) is 0 Å². The first-order chi connectivity index (χ1) is 9.65. The molecule has 3 nitrogen and oxygen atoms in total. The van der Waals surface area contributed by atoms with Gasteiger partial charge in [-0.05, 0) is 29.3 Å². The average Bonchev–Trinajstić information content (AvgIpc) is 2.46. The monoisotopic (exact) mass is 396 g/mol. The zero-order chi connectivity index (χ0) is 14.4. The van der Waals surface area contributed by atoms with Gasteiger partial charge in [0.2, 0.25) is 0 Å². The molecular formula is C15H14Br2N2O. The van der Waals surface area contributed by atoms with Crippen LogP contribution in [0.4, 0.5) is 4.79 Å². The van der Waals surface area contributed by atoms with Gasteiger partial charge in [0.25, 0.3) is 0 Å². The Morgan fingerprint density at radius 1 is 0.900 bits per heavy atom. The number of urea groups is 1. The van der Waals surface area contributed by atoms with Crippen LogP contribution in [0.5, 0.6) is 0 Å². The standard InChI is InChI=1S/C15H14Br2N2O/c16-13-7-5-11(6-8-13)9-18-15(20)19-10-12-3-1-2-4-14(12)17/h1-8H,9-10H2,(H2,18,19,20). The Labute approximate surface area is 135 Å². The molecule has 2 aromatic rings. The van der Waals surface area contributed by atoms with Crippen LogP contribution in [0.1, 0.15) is 11.1 Å². The Bertz CT molecular complexity index is 585. The van der Waals surface area contributed by atoms with Crippen LogP contribution in [0.25, 0.3) is 0 Å². The molecule has 5 heteroatoms. The first-order valence-electron chi connectivity index (χ1n) is 6.15. The van der Waals surface area contributed by atoms with Gasteiger partial charge in [0.05, 0.1) is 0 Å². The van der Waals surface area contributed by atoms with E-state index in [1.807, 2.05) is 48.5 Å². The molecule has 20 heavy (non-hydrogen) atoms. The smallest absolute Gasteiger partial charge is 0.315 e. The fourth-order valence-corrected chi connectivity index (χ4v) is 2.35. The number of nitrogens with one attached hydrogen (secondary N) is 2. The summed E-state index contributed by atoms with van der Waals surface area (Å²) in [7, 11) is 0. The van der Waals surface area contributed by atoms with Gasteiger partial charge in [0.1, 0.15) is 0 Å². The van der Waals surface area contributed by atoms with E-state index in [-0.39, 0.29) is 6.03 Å². The van der Waals surface area contributed by atoms with Crippen LogP contribution in [-0.4, -0.2) is 6.03 Å². The number of carbonyl (C=O) groups excluding carboxylic acids is 1. The molecular weight excluding hydrogens is 384 g/mol. The topological polar surface area (TPSA) is 41.1 Å². The van der Waals surface area contributed by atoms with Gasteiger partial charge in [-0.15, -0.1) is 0 Å². The Kier molecular flexibility index (Phi) is 5.61. The third kappa shape index (κ3) is 4.65. The van der Waals surface area contributed by atoms with Crippen LogP contribution in [0.15, 0.2) is 57.5 Å². The summed E-state index contributed by atoms with van der Waals surface area (Å²) in [6.07, 6.45) is 0. The van der Waals surface area contributed by atoms with E-state index < -0.39 is 0 Å². The summed E-state index contributed by atoms with van der Waals surface area (Å²) >= 11 is 6.83. The molecule has 104 valence electrons. The van der Waals surface area contributed by atoms with Crippen molar-refractivity contribution >= 4 is 37.9 Å². The van der Waals surface area contributed by atoms with Crippen molar-refractivity contribution in [1.82, 2.24) is 10.6 Å². The second-order valence-corrected chi connectivity index (χ2v) is 6.02. The maximum Gasteiger partial charge on any atom is 0.315 e. The summed E-state index contributed by atoms with van der Waals surface area (Å²) in [6, 6.07) is 15.5. The lowest BCUT2D eigenvalue weighted by Gasteiger charge is -2.09. The first kappa shape index (κ1) is 15.1. The van der Waals surface area contributed by atoms with Crippen molar-refractivity contribution in [2.45, 2.75) is 13.1 Å². The predicted molar refractivity (Wildman–Crippen MR) is 87.4 cm³/mol. The lowest BCUT2D eigenvalue weighted by atomic mass is 10.2. The van der Waals surface area contributed by atoms with Crippen LogP contribution < -0.4 is 10.6 Å². The molecule has 2 N–H and O–H groups in total. The van der Waals surface area contributed by atoms with E-state index in [2.05, 4.69) is 42.5 Å². The number of carbonyl (C=O) groups is 1. The molecule has 2 aromatic carbocycles. The minimum Gasteiger partial charge on any atom is -0.334 e. The summed E-state index contributed by atoms with van der Waals surface area (Å²) in [6.45, 7) is 1.00. The Balaban J connectivity index is 1.78. The van der Waals surface area contributed by atoms with Crippen molar-refractivity contribution in [3.05, 3.63) is 68.6 Å². The summed E-state index contributed by atoms with van der Waals surface area (Å²) in [5.41, 5.74) is 2.11. The summed E-state index contributed by atoms with van der Waals surface area (Å²) in [5, 5.41) is 5.66. The fraction of sp³-hybridized carbons (Fsp3) is 0.133. The van der Waals surface area contributed by atoms with Crippen LogP contribution in [0, 0.1) is 0 Å². The van der Waals surface area contributed by atoms with Crippen molar-refractivity contribution in [1.29, 1.82) is 0 Å². The number of hydrogen-bond donors (Lipinski definition) is 2. The van der Waals surface area contributed by atoms with Gasteiger partial charge >= 0.3 is 6.03 Å². The molecule has 2 amide bonds. The van der Waals surface area contributed by atoms with Gasteiger partial charge in [-0.25, -0.2) is 4.79 Å². The lowest BCUT2D eigenvalue weighted by Crippen LogP contribution is -2.34. The predicted octanol–water partition coefficient (Wildman–Crippen LogP) is 4.21. The second kappa shape index (κ2) is 7.45. The van der Waals surface area contributed by atoms with Crippen molar-refractivity contribution < 1.29 is 4.79 Å². The van der Waals surface area contributed by atoms with Gasteiger partial charge in [-0.1, -0.05) is 62.2 Å². The molecule has 0 unspecified atom stereocenters. The Morgan fingerprint density at radius 2 is 1.55 bits per heavy atom. The molecule has 0 spiro atoms. The van der Waals surface area contributed by atoms with Crippen LogP contribution >= 0.6 is 31.9 Å². The molecule has 0 bridgehead atoms. The number of rotatable bonds is 4. The third-order valence-corrected chi connectivity index (χ3v) is 4.07. The van der Waals surface area contributed by atoms with E-state index in [0.717, 1.165) is 20.1 Å². The maximum atomic E-state index is 11.7. The van der Waals surface area contributed by atoms with E-state index in [1.165, 1.54) is 0 Å².